The lowest BCUT2D eigenvalue weighted by Crippen LogP contribution is -2.10. The molecule has 0 radical (unpaired) electrons. The highest BCUT2D eigenvalue weighted by atomic mass is 16.5. The second kappa shape index (κ2) is 14.7. The van der Waals surface area contributed by atoms with Crippen LogP contribution in [0.2, 0.25) is 0 Å². The number of fused-ring (bicyclic) bond motifs is 1. The predicted octanol–water partition coefficient (Wildman–Crippen LogP) is 6.72. The first-order valence-electron chi connectivity index (χ1n) is 13.6. The number of ether oxygens (including phenoxy) is 1. The van der Waals surface area contributed by atoms with Crippen molar-refractivity contribution in [1.82, 2.24) is 4.57 Å². The summed E-state index contributed by atoms with van der Waals surface area (Å²) in [4.78, 5) is 33.9. The molecule has 7 heteroatoms. The maximum atomic E-state index is 11.8. The lowest BCUT2D eigenvalue weighted by atomic mass is 9.94. The molecule has 0 fully saturated rings. The van der Waals surface area contributed by atoms with Crippen LogP contribution in [0.4, 0.5) is 0 Å². The Morgan fingerprint density at radius 1 is 0.825 bits per heavy atom. The summed E-state index contributed by atoms with van der Waals surface area (Å²) >= 11 is 0. The minimum absolute atomic E-state index is 0.0580. The van der Waals surface area contributed by atoms with E-state index in [1.165, 1.54) is 17.1 Å². The first-order chi connectivity index (χ1) is 19.3. The largest absolute Gasteiger partial charge is 0.478 e. The molecule has 0 unspecified atom stereocenters. The molecule has 0 saturated carbocycles. The number of hydrogen-bond donors (Lipinski definition) is 2. The molecule has 0 saturated heterocycles. The van der Waals surface area contributed by atoms with E-state index in [4.69, 9.17) is 14.9 Å². The highest BCUT2D eigenvalue weighted by molar-refractivity contribution is 5.97. The minimum Gasteiger partial charge on any atom is -0.478 e. The van der Waals surface area contributed by atoms with Gasteiger partial charge in [0.1, 0.15) is 0 Å². The van der Waals surface area contributed by atoms with Gasteiger partial charge in [-0.2, -0.15) is 0 Å². The van der Waals surface area contributed by atoms with Crippen LogP contribution in [0.25, 0.3) is 10.9 Å². The SMILES string of the molecule is CCCCc1ccc(C(=O)O)c(C)c1C(=O)O.CCOC(=O)Cc1cn(CCc2ccccc2)c2ccccc12. The highest BCUT2D eigenvalue weighted by Crippen LogP contribution is 2.23. The summed E-state index contributed by atoms with van der Waals surface area (Å²) in [5.74, 6) is -2.32. The first kappa shape index (κ1) is 30.2. The monoisotopic (exact) mass is 543 g/mol. The van der Waals surface area contributed by atoms with Gasteiger partial charge in [0.2, 0.25) is 0 Å². The van der Waals surface area contributed by atoms with Crippen molar-refractivity contribution in [1.29, 1.82) is 0 Å². The third-order valence-electron chi connectivity index (χ3n) is 6.79. The number of nitrogens with zero attached hydrogens (tertiary/aromatic N) is 1. The van der Waals surface area contributed by atoms with Gasteiger partial charge >= 0.3 is 17.9 Å². The summed E-state index contributed by atoms with van der Waals surface area (Å²) in [7, 11) is 0. The van der Waals surface area contributed by atoms with Gasteiger partial charge in [0.25, 0.3) is 0 Å². The van der Waals surface area contributed by atoms with E-state index in [-0.39, 0.29) is 17.1 Å². The summed E-state index contributed by atoms with van der Waals surface area (Å²) in [6.07, 6.45) is 5.92. The smallest absolute Gasteiger partial charge is 0.336 e. The average molecular weight is 544 g/mol. The molecule has 40 heavy (non-hydrogen) atoms. The van der Waals surface area contributed by atoms with Crippen LogP contribution >= 0.6 is 0 Å². The second-order valence-electron chi connectivity index (χ2n) is 9.57. The number of rotatable bonds is 11. The van der Waals surface area contributed by atoms with E-state index in [0.717, 1.165) is 36.8 Å². The van der Waals surface area contributed by atoms with Crippen LogP contribution in [0, 0.1) is 6.92 Å². The Balaban J connectivity index is 0.000000232. The summed E-state index contributed by atoms with van der Waals surface area (Å²) in [6.45, 7) is 6.72. The number of aromatic carboxylic acids is 2. The Morgan fingerprint density at radius 2 is 1.52 bits per heavy atom. The van der Waals surface area contributed by atoms with Crippen molar-refractivity contribution < 1.29 is 29.3 Å². The molecule has 210 valence electrons. The van der Waals surface area contributed by atoms with Gasteiger partial charge in [-0.15, -0.1) is 0 Å². The Bertz CT molecular complexity index is 1450. The summed E-state index contributed by atoms with van der Waals surface area (Å²) < 4.78 is 7.32. The van der Waals surface area contributed by atoms with Crippen molar-refractivity contribution in [2.75, 3.05) is 6.61 Å². The fraction of sp³-hybridized carbons (Fsp3) is 0.303. The third kappa shape index (κ3) is 7.82. The molecule has 0 aliphatic rings. The zero-order valence-electron chi connectivity index (χ0n) is 23.4. The molecule has 3 aromatic carbocycles. The Kier molecular flexibility index (Phi) is 11.1. The number of esters is 1. The lowest BCUT2D eigenvalue weighted by molar-refractivity contribution is -0.142. The zero-order chi connectivity index (χ0) is 29.1. The number of aryl methyl sites for hydroxylation is 3. The van der Waals surface area contributed by atoms with Gasteiger partial charge in [0.15, 0.2) is 0 Å². The van der Waals surface area contributed by atoms with Crippen LogP contribution in [-0.4, -0.2) is 39.3 Å². The third-order valence-corrected chi connectivity index (χ3v) is 6.79. The molecule has 4 rings (SSSR count). The van der Waals surface area contributed by atoms with Crippen molar-refractivity contribution >= 4 is 28.8 Å². The van der Waals surface area contributed by atoms with Crippen molar-refractivity contribution in [2.45, 2.75) is 59.4 Å². The molecule has 0 spiro atoms. The zero-order valence-corrected chi connectivity index (χ0v) is 23.4. The van der Waals surface area contributed by atoms with E-state index >= 15 is 0 Å². The number of benzene rings is 3. The van der Waals surface area contributed by atoms with Crippen LogP contribution < -0.4 is 0 Å². The minimum atomic E-state index is -1.09. The topological polar surface area (TPSA) is 106 Å². The molecular formula is C33H37NO6. The fourth-order valence-electron chi connectivity index (χ4n) is 4.78. The van der Waals surface area contributed by atoms with Gasteiger partial charge in [-0.3, -0.25) is 4.79 Å². The normalized spacial score (nSPS) is 10.6. The van der Waals surface area contributed by atoms with E-state index in [2.05, 4.69) is 47.2 Å². The Labute approximate surface area is 235 Å². The van der Waals surface area contributed by atoms with E-state index < -0.39 is 11.9 Å². The predicted molar refractivity (Wildman–Crippen MR) is 156 cm³/mol. The van der Waals surface area contributed by atoms with E-state index in [1.807, 2.05) is 32.0 Å². The fourth-order valence-corrected chi connectivity index (χ4v) is 4.78. The van der Waals surface area contributed by atoms with Crippen molar-refractivity contribution in [3.05, 3.63) is 106 Å². The van der Waals surface area contributed by atoms with E-state index in [1.54, 1.807) is 13.0 Å². The van der Waals surface area contributed by atoms with Gasteiger partial charge in [-0.1, -0.05) is 67.9 Å². The van der Waals surface area contributed by atoms with Gasteiger partial charge in [-0.25, -0.2) is 9.59 Å². The molecule has 7 nitrogen and oxygen atoms in total. The molecule has 0 amide bonds. The van der Waals surface area contributed by atoms with Crippen molar-refractivity contribution in [2.24, 2.45) is 0 Å². The number of carboxylic acid groups (broad SMARTS) is 2. The molecule has 0 bridgehead atoms. The van der Waals surface area contributed by atoms with Crippen molar-refractivity contribution in [3.8, 4) is 0 Å². The van der Waals surface area contributed by atoms with Gasteiger partial charge in [0, 0.05) is 23.6 Å². The van der Waals surface area contributed by atoms with Crippen LogP contribution in [0.15, 0.2) is 72.9 Å². The number of carbonyl (C=O) groups excluding carboxylic acids is 1. The van der Waals surface area contributed by atoms with Gasteiger partial charge in [-0.05, 0) is 67.5 Å². The number of hydrogen-bond acceptors (Lipinski definition) is 4. The van der Waals surface area contributed by atoms with E-state index in [9.17, 15) is 14.4 Å². The maximum absolute atomic E-state index is 11.8. The van der Waals surface area contributed by atoms with Crippen LogP contribution in [-0.2, 0) is 35.3 Å². The average Bonchev–Trinajstić information content (AvgIpc) is 3.28. The summed E-state index contributed by atoms with van der Waals surface area (Å²) in [6, 6.07) is 21.8. The molecule has 1 heterocycles. The molecule has 4 aromatic rings. The highest BCUT2D eigenvalue weighted by Gasteiger charge is 2.18. The Morgan fingerprint density at radius 3 is 2.17 bits per heavy atom. The number of carbonyl (C=O) groups is 3. The van der Waals surface area contributed by atoms with Crippen molar-refractivity contribution in [3.63, 3.8) is 0 Å². The van der Waals surface area contributed by atoms with E-state index in [0.29, 0.717) is 30.6 Å². The van der Waals surface area contributed by atoms with Crippen LogP contribution in [0.3, 0.4) is 0 Å². The molecule has 1 aromatic heterocycles. The maximum Gasteiger partial charge on any atom is 0.336 e. The van der Waals surface area contributed by atoms with Crippen LogP contribution in [0.5, 0.6) is 0 Å². The summed E-state index contributed by atoms with van der Waals surface area (Å²) in [5.41, 5.74) is 4.76. The number of unbranched alkanes of at least 4 members (excludes halogenated alkanes) is 1. The first-order valence-corrected chi connectivity index (χ1v) is 13.6. The summed E-state index contributed by atoms with van der Waals surface area (Å²) in [5, 5.41) is 19.2. The number of carboxylic acids is 2. The van der Waals surface area contributed by atoms with Gasteiger partial charge < -0.3 is 19.5 Å². The molecule has 0 aliphatic carbocycles. The van der Waals surface area contributed by atoms with Crippen LogP contribution in [0.1, 0.15) is 69.7 Å². The standard InChI is InChI=1S/C20H21NO2.C13H16O4/c1-2-23-20(22)14-17-15-21(19-11-7-6-10-18(17)19)13-12-16-8-4-3-5-9-16;1-3-4-5-9-6-7-10(12(14)15)8(2)11(9)13(16)17/h3-11,15H,2,12-14H2,1H3;6-7H,3-5H2,1-2H3,(H,14,15)(H,16,17). The second-order valence-corrected chi connectivity index (χ2v) is 9.57. The number of para-hydroxylation sites is 1. The molecular weight excluding hydrogens is 506 g/mol. The molecule has 0 aliphatic heterocycles. The number of aromatic nitrogens is 1. The van der Waals surface area contributed by atoms with Gasteiger partial charge in [0.05, 0.1) is 24.2 Å². The molecule has 0 atom stereocenters. The molecule has 2 N–H and O–H groups in total. The Hall–Kier alpha value is -4.39. The lowest BCUT2D eigenvalue weighted by Gasteiger charge is -2.11. The quantitative estimate of drug-likeness (QED) is 0.203.